The molecule has 0 N–H and O–H groups in total. The Morgan fingerprint density at radius 1 is 0.926 bits per heavy atom. The highest BCUT2D eigenvalue weighted by atomic mass is 16.7. The normalized spacial score (nSPS) is 17.1. The predicted octanol–water partition coefficient (Wildman–Crippen LogP) is 1.89. The van der Waals surface area contributed by atoms with E-state index in [0.717, 1.165) is 18.7 Å². The summed E-state index contributed by atoms with van der Waals surface area (Å²) in [7, 11) is 0. The summed E-state index contributed by atoms with van der Waals surface area (Å²) in [5.41, 5.74) is 1.58. The topological polar surface area (TPSA) is 76.2 Å². The minimum absolute atomic E-state index is 0.233. The van der Waals surface area contributed by atoms with Gasteiger partial charge in [-0.15, -0.1) is 0 Å². The van der Waals surface area contributed by atoms with E-state index in [1.807, 2.05) is 12.1 Å². The van der Waals surface area contributed by atoms with E-state index in [2.05, 4.69) is 4.90 Å². The van der Waals surface area contributed by atoms with Gasteiger partial charge in [-0.3, -0.25) is 14.5 Å². The minimum Gasteiger partial charge on any atom is -0.379 e. The molecule has 2 aliphatic heterocycles. The minimum atomic E-state index is -0.728. The number of hydroxylamine groups is 2. The average molecular weight is 366 g/mol. The number of benzene rings is 2. The number of carbonyl (C=O) groups is 3. The molecule has 0 radical (unpaired) electrons. The van der Waals surface area contributed by atoms with Crippen molar-refractivity contribution in [3.63, 3.8) is 0 Å². The van der Waals surface area contributed by atoms with Crippen LogP contribution in [0.1, 0.15) is 36.6 Å². The Kier molecular flexibility index (Phi) is 4.70. The second-order valence-corrected chi connectivity index (χ2v) is 6.37. The molecule has 0 aromatic heterocycles. The number of ether oxygens (including phenoxy) is 1. The fraction of sp³-hybridized carbons (Fsp3) is 0.250. The molecule has 2 aromatic carbocycles. The summed E-state index contributed by atoms with van der Waals surface area (Å²) in [4.78, 5) is 44.8. The summed E-state index contributed by atoms with van der Waals surface area (Å²) < 4.78 is 5.34. The molecule has 2 aliphatic rings. The van der Waals surface area contributed by atoms with Crippen LogP contribution >= 0.6 is 0 Å². The van der Waals surface area contributed by atoms with Crippen LogP contribution in [-0.4, -0.2) is 54.1 Å². The number of imide groups is 1. The van der Waals surface area contributed by atoms with Crippen LogP contribution < -0.4 is 0 Å². The number of hydrogen-bond acceptors (Lipinski definition) is 6. The van der Waals surface area contributed by atoms with E-state index in [0.29, 0.717) is 30.4 Å². The third-order valence-corrected chi connectivity index (χ3v) is 4.67. The fourth-order valence-electron chi connectivity index (χ4n) is 3.24. The summed E-state index contributed by atoms with van der Waals surface area (Å²) in [6, 6.07) is 13.4. The lowest BCUT2D eigenvalue weighted by Gasteiger charge is -2.27. The number of hydrogen-bond donors (Lipinski definition) is 0. The lowest BCUT2D eigenvalue weighted by Crippen LogP contribution is -2.36. The molecule has 0 aliphatic carbocycles. The molecule has 7 heteroatoms. The third-order valence-electron chi connectivity index (χ3n) is 4.67. The van der Waals surface area contributed by atoms with Crippen molar-refractivity contribution in [1.82, 2.24) is 9.96 Å². The van der Waals surface area contributed by atoms with Crippen LogP contribution in [0.15, 0.2) is 48.5 Å². The Morgan fingerprint density at radius 3 is 2.19 bits per heavy atom. The van der Waals surface area contributed by atoms with Gasteiger partial charge in [0.15, 0.2) is 0 Å². The highest BCUT2D eigenvalue weighted by Gasteiger charge is 2.39. The van der Waals surface area contributed by atoms with E-state index in [-0.39, 0.29) is 11.1 Å². The molecule has 0 atom stereocenters. The molecule has 27 heavy (non-hydrogen) atoms. The Balaban J connectivity index is 1.52. The second-order valence-electron chi connectivity index (χ2n) is 6.37. The zero-order valence-corrected chi connectivity index (χ0v) is 14.6. The van der Waals surface area contributed by atoms with Gasteiger partial charge in [0.2, 0.25) is 0 Å². The lowest BCUT2D eigenvalue weighted by molar-refractivity contribution is -0.0586. The van der Waals surface area contributed by atoms with Gasteiger partial charge in [-0.05, 0) is 23.8 Å². The van der Waals surface area contributed by atoms with E-state index in [4.69, 9.17) is 9.57 Å². The highest BCUT2D eigenvalue weighted by molar-refractivity contribution is 6.21. The molecule has 4 rings (SSSR count). The van der Waals surface area contributed by atoms with Crippen molar-refractivity contribution in [1.29, 1.82) is 0 Å². The van der Waals surface area contributed by atoms with Crippen LogP contribution in [0.4, 0.5) is 0 Å². The smallest absolute Gasteiger partial charge is 0.364 e. The van der Waals surface area contributed by atoms with Gasteiger partial charge in [-0.2, -0.15) is 0 Å². The third kappa shape index (κ3) is 3.34. The Labute approximate surface area is 156 Å². The number of morpholine rings is 1. The van der Waals surface area contributed by atoms with Gasteiger partial charge in [0.05, 0.1) is 29.9 Å². The zero-order chi connectivity index (χ0) is 18.8. The van der Waals surface area contributed by atoms with Crippen LogP contribution in [0.5, 0.6) is 0 Å². The number of rotatable bonds is 4. The monoisotopic (exact) mass is 366 g/mol. The van der Waals surface area contributed by atoms with Gasteiger partial charge in [-0.1, -0.05) is 35.4 Å². The van der Waals surface area contributed by atoms with Crippen LogP contribution in [0, 0.1) is 0 Å². The maximum atomic E-state index is 12.7. The van der Waals surface area contributed by atoms with Crippen LogP contribution in [0.2, 0.25) is 0 Å². The first-order valence-electron chi connectivity index (χ1n) is 8.73. The van der Waals surface area contributed by atoms with Crippen LogP contribution in [0.3, 0.4) is 0 Å². The Bertz CT molecular complexity index is 870. The van der Waals surface area contributed by atoms with Gasteiger partial charge >= 0.3 is 5.97 Å². The Hall–Kier alpha value is -3.03. The van der Waals surface area contributed by atoms with Crippen molar-refractivity contribution in [3.05, 3.63) is 70.8 Å². The molecule has 1 saturated heterocycles. The van der Waals surface area contributed by atoms with Crippen LogP contribution in [0.25, 0.3) is 0 Å². The molecule has 2 heterocycles. The van der Waals surface area contributed by atoms with E-state index in [1.54, 1.807) is 24.3 Å². The number of nitrogens with zero attached hydrogens (tertiary/aromatic N) is 2. The fourth-order valence-corrected chi connectivity index (χ4v) is 3.24. The molecular formula is C20H18N2O5. The molecule has 2 aromatic rings. The van der Waals surface area contributed by atoms with E-state index in [9.17, 15) is 14.4 Å². The Morgan fingerprint density at radius 2 is 1.52 bits per heavy atom. The van der Waals surface area contributed by atoms with Gasteiger partial charge in [-0.25, -0.2) is 4.79 Å². The average Bonchev–Trinajstić information content (AvgIpc) is 2.94. The predicted molar refractivity (Wildman–Crippen MR) is 94.9 cm³/mol. The van der Waals surface area contributed by atoms with Crippen LogP contribution in [-0.2, 0) is 16.1 Å². The summed E-state index contributed by atoms with van der Waals surface area (Å²) in [5.74, 6) is -1.99. The first-order valence-corrected chi connectivity index (χ1v) is 8.73. The van der Waals surface area contributed by atoms with Gasteiger partial charge in [0.25, 0.3) is 11.8 Å². The standard InChI is InChI=1S/C20H18N2O5/c23-18-16-7-3-4-8-17(16)19(24)22(18)27-20(25)15-6-2-1-5-14(15)13-21-9-11-26-12-10-21/h1-8H,9-13H2. The second kappa shape index (κ2) is 7.30. The van der Waals surface area contributed by atoms with E-state index >= 15 is 0 Å². The molecule has 1 fully saturated rings. The molecule has 0 unspecified atom stereocenters. The molecule has 0 saturated carbocycles. The van der Waals surface area contributed by atoms with Crippen molar-refractivity contribution in [3.8, 4) is 0 Å². The maximum absolute atomic E-state index is 12.7. The van der Waals surface area contributed by atoms with Crippen molar-refractivity contribution >= 4 is 17.8 Å². The zero-order valence-electron chi connectivity index (χ0n) is 14.6. The molecule has 0 bridgehead atoms. The van der Waals surface area contributed by atoms with Crippen molar-refractivity contribution < 1.29 is 24.0 Å². The summed E-state index contributed by atoms with van der Waals surface area (Å²) in [5, 5.41) is 0.540. The number of carbonyl (C=O) groups excluding carboxylic acids is 3. The van der Waals surface area contributed by atoms with E-state index in [1.165, 1.54) is 12.1 Å². The quantitative estimate of drug-likeness (QED) is 0.769. The summed E-state index contributed by atoms with van der Waals surface area (Å²) >= 11 is 0. The summed E-state index contributed by atoms with van der Waals surface area (Å²) in [6.45, 7) is 3.43. The SMILES string of the molecule is O=C(ON1C(=O)c2ccccc2C1=O)c1ccccc1CN1CCOCC1. The largest absolute Gasteiger partial charge is 0.379 e. The van der Waals surface area contributed by atoms with Gasteiger partial charge in [0, 0.05) is 19.6 Å². The van der Waals surface area contributed by atoms with Gasteiger partial charge in [0.1, 0.15) is 0 Å². The molecular weight excluding hydrogens is 348 g/mol. The maximum Gasteiger partial charge on any atom is 0.364 e. The van der Waals surface area contributed by atoms with Gasteiger partial charge < -0.3 is 9.57 Å². The highest BCUT2D eigenvalue weighted by Crippen LogP contribution is 2.24. The van der Waals surface area contributed by atoms with E-state index < -0.39 is 17.8 Å². The molecule has 2 amide bonds. The lowest BCUT2D eigenvalue weighted by atomic mass is 10.1. The van der Waals surface area contributed by atoms with Crippen molar-refractivity contribution in [2.24, 2.45) is 0 Å². The van der Waals surface area contributed by atoms with Crippen molar-refractivity contribution in [2.45, 2.75) is 6.54 Å². The molecule has 138 valence electrons. The first-order chi connectivity index (χ1) is 13.1. The molecule has 7 nitrogen and oxygen atoms in total. The van der Waals surface area contributed by atoms with Crippen molar-refractivity contribution in [2.75, 3.05) is 26.3 Å². The summed E-state index contributed by atoms with van der Waals surface area (Å²) in [6.07, 6.45) is 0. The molecule has 0 spiro atoms. The first kappa shape index (κ1) is 17.4. The number of fused-ring (bicyclic) bond motifs is 1. The number of amides is 2.